The summed E-state index contributed by atoms with van der Waals surface area (Å²) in [4.78, 5) is 18.9. The van der Waals surface area contributed by atoms with Crippen LogP contribution in [0.2, 0.25) is 0 Å². The van der Waals surface area contributed by atoms with Crippen LogP contribution in [0.3, 0.4) is 0 Å². The summed E-state index contributed by atoms with van der Waals surface area (Å²) in [7, 11) is 1.63. The second-order valence-electron chi connectivity index (χ2n) is 5.51. The van der Waals surface area contributed by atoms with Gasteiger partial charge in [0.25, 0.3) is 5.91 Å². The fourth-order valence-corrected chi connectivity index (χ4v) is 3.02. The zero-order valence-electron chi connectivity index (χ0n) is 12.3. The lowest BCUT2D eigenvalue weighted by molar-refractivity contribution is -0.159. The maximum atomic E-state index is 13.0. The first-order valence-electron chi connectivity index (χ1n) is 7.36. The molecule has 3 heterocycles. The summed E-state index contributed by atoms with van der Waals surface area (Å²) < 4.78 is 11.3. The van der Waals surface area contributed by atoms with E-state index >= 15 is 0 Å². The van der Waals surface area contributed by atoms with Crippen molar-refractivity contribution >= 4 is 5.91 Å². The van der Waals surface area contributed by atoms with Gasteiger partial charge in [-0.15, -0.1) is 0 Å². The third-order valence-corrected chi connectivity index (χ3v) is 4.32. The maximum absolute atomic E-state index is 13.0. The predicted octanol–water partition coefficient (Wildman–Crippen LogP) is 1.21. The highest BCUT2D eigenvalue weighted by Crippen LogP contribution is 2.28. The number of aromatic nitrogens is 1. The molecule has 1 amide bonds. The largest absolute Gasteiger partial charge is 0.491 e. The van der Waals surface area contributed by atoms with Gasteiger partial charge in [0.1, 0.15) is 18.0 Å². The molecule has 2 aliphatic heterocycles. The first kappa shape index (κ1) is 16.7. The predicted molar refractivity (Wildman–Crippen MR) is 83.7 cm³/mol. The number of piperidine rings is 1. The summed E-state index contributed by atoms with van der Waals surface area (Å²) in [5, 5.41) is 3.27. The number of ether oxygens (including phenoxy) is 2. The standard InChI is InChI=1S/C15H21N3O3.CH4/c1-20-15(3-6-16-7-4-15)14(19)18-8-9-21-13-2-5-17-10-12(13)11-18;/h2,5,10,16H,3-4,6-9,11H2,1H3;1H4. The van der Waals surface area contributed by atoms with Crippen LogP contribution in [-0.4, -0.2) is 54.7 Å². The van der Waals surface area contributed by atoms with E-state index in [1.807, 2.05) is 11.0 Å². The van der Waals surface area contributed by atoms with Crippen LogP contribution in [-0.2, 0) is 16.1 Å². The lowest BCUT2D eigenvalue weighted by atomic mass is 9.90. The Morgan fingerprint density at radius 1 is 1.45 bits per heavy atom. The third kappa shape index (κ3) is 3.08. The number of pyridine rings is 1. The SMILES string of the molecule is C.COC1(C(=O)N2CCOc3ccncc3C2)CCNCC1. The molecule has 1 fully saturated rings. The first-order chi connectivity index (χ1) is 10.2. The molecule has 0 aliphatic carbocycles. The zero-order chi connectivity index (χ0) is 14.7. The second kappa shape index (κ2) is 7.07. The number of hydrogen-bond acceptors (Lipinski definition) is 5. The summed E-state index contributed by atoms with van der Waals surface area (Å²) >= 11 is 0. The van der Waals surface area contributed by atoms with Crippen molar-refractivity contribution in [1.29, 1.82) is 0 Å². The average Bonchev–Trinajstić information content (AvgIpc) is 2.77. The van der Waals surface area contributed by atoms with Crippen LogP contribution >= 0.6 is 0 Å². The molecule has 22 heavy (non-hydrogen) atoms. The lowest BCUT2D eigenvalue weighted by Crippen LogP contribution is -2.55. The van der Waals surface area contributed by atoms with Gasteiger partial charge in [0, 0.05) is 25.1 Å². The number of fused-ring (bicyclic) bond motifs is 1. The Morgan fingerprint density at radius 3 is 2.95 bits per heavy atom. The molecule has 6 nitrogen and oxygen atoms in total. The maximum Gasteiger partial charge on any atom is 0.255 e. The van der Waals surface area contributed by atoms with Gasteiger partial charge in [-0.2, -0.15) is 0 Å². The van der Waals surface area contributed by atoms with E-state index in [2.05, 4.69) is 10.3 Å². The molecule has 0 saturated carbocycles. The number of methoxy groups -OCH3 is 1. The van der Waals surface area contributed by atoms with Gasteiger partial charge in [0.15, 0.2) is 0 Å². The minimum absolute atomic E-state index is 0. The van der Waals surface area contributed by atoms with Crippen LogP contribution < -0.4 is 10.1 Å². The van der Waals surface area contributed by atoms with Gasteiger partial charge >= 0.3 is 0 Å². The molecule has 0 spiro atoms. The van der Waals surface area contributed by atoms with Gasteiger partial charge in [-0.05, 0) is 32.0 Å². The molecule has 1 aromatic heterocycles. The first-order valence-corrected chi connectivity index (χ1v) is 7.36. The minimum atomic E-state index is -0.696. The molecule has 1 saturated heterocycles. The molecule has 0 radical (unpaired) electrons. The topological polar surface area (TPSA) is 63.7 Å². The van der Waals surface area contributed by atoms with E-state index < -0.39 is 5.60 Å². The normalized spacial score (nSPS) is 20.1. The van der Waals surface area contributed by atoms with Gasteiger partial charge in [-0.3, -0.25) is 9.78 Å². The van der Waals surface area contributed by atoms with Gasteiger partial charge in [0.05, 0.1) is 13.1 Å². The van der Waals surface area contributed by atoms with Crippen LogP contribution in [0.25, 0.3) is 0 Å². The summed E-state index contributed by atoms with van der Waals surface area (Å²) in [5.74, 6) is 0.879. The molecule has 6 heteroatoms. The zero-order valence-corrected chi connectivity index (χ0v) is 12.3. The molecular formula is C16H25N3O3. The minimum Gasteiger partial charge on any atom is -0.491 e. The summed E-state index contributed by atoms with van der Waals surface area (Å²) in [6.07, 6.45) is 4.89. The van der Waals surface area contributed by atoms with E-state index in [1.54, 1.807) is 19.5 Å². The Labute approximate surface area is 131 Å². The Hall–Kier alpha value is -1.66. The van der Waals surface area contributed by atoms with Crippen LogP contribution in [0.5, 0.6) is 5.75 Å². The van der Waals surface area contributed by atoms with Gasteiger partial charge in [-0.25, -0.2) is 0 Å². The van der Waals surface area contributed by atoms with Gasteiger partial charge in [0.2, 0.25) is 0 Å². The molecule has 0 atom stereocenters. The number of carbonyl (C=O) groups excluding carboxylic acids is 1. The average molecular weight is 307 g/mol. The van der Waals surface area contributed by atoms with Crippen molar-refractivity contribution in [3.63, 3.8) is 0 Å². The fourth-order valence-electron chi connectivity index (χ4n) is 3.02. The lowest BCUT2D eigenvalue weighted by Gasteiger charge is -2.38. The van der Waals surface area contributed by atoms with E-state index in [-0.39, 0.29) is 13.3 Å². The molecule has 0 unspecified atom stereocenters. The van der Waals surface area contributed by atoms with Crippen molar-refractivity contribution in [3.8, 4) is 5.75 Å². The molecule has 122 valence electrons. The highest BCUT2D eigenvalue weighted by molar-refractivity contribution is 5.85. The highest BCUT2D eigenvalue weighted by Gasteiger charge is 2.42. The van der Waals surface area contributed by atoms with Crippen LogP contribution in [0.4, 0.5) is 0 Å². The number of nitrogens with one attached hydrogen (secondary N) is 1. The number of amides is 1. The van der Waals surface area contributed by atoms with Gasteiger partial charge in [-0.1, -0.05) is 7.43 Å². The molecule has 0 aromatic carbocycles. The van der Waals surface area contributed by atoms with E-state index in [4.69, 9.17) is 9.47 Å². The molecule has 1 aromatic rings. The molecule has 0 bridgehead atoms. The molecular weight excluding hydrogens is 282 g/mol. The number of nitrogens with zero attached hydrogens (tertiary/aromatic N) is 2. The molecule has 2 aliphatic rings. The highest BCUT2D eigenvalue weighted by atomic mass is 16.5. The van der Waals surface area contributed by atoms with E-state index in [0.29, 0.717) is 32.5 Å². The Morgan fingerprint density at radius 2 is 2.23 bits per heavy atom. The molecule has 3 rings (SSSR count). The van der Waals surface area contributed by atoms with E-state index in [9.17, 15) is 4.79 Å². The second-order valence-corrected chi connectivity index (χ2v) is 5.51. The Bertz CT molecular complexity index is 515. The Balaban J connectivity index is 0.00000176. The third-order valence-electron chi connectivity index (χ3n) is 4.32. The van der Waals surface area contributed by atoms with Crippen LogP contribution in [0, 0.1) is 0 Å². The Kier molecular flexibility index (Phi) is 5.37. The van der Waals surface area contributed by atoms with Crippen molar-refractivity contribution < 1.29 is 14.3 Å². The smallest absolute Gasteiger partial charge is 0.255 e. The van der Waals surface area contributed by atoms with Gasteiger partial charge < -0.3 is 19.7 Å². The van der Waals surface area contributed by atoms with Crippen molar-refractivity contribution in [2.75, 3.05) is 33.4 Å². The quantitative estimate of drug-likeness (QED) is 0.890. The van der Waals surface area contributed by atoms with Crippen molar-refractivity contribution in [3.05, 3.63) is 24.0 Å². The fraction of sp³-hybridized carbons (Fsp3) is 0.625. The summed E-state index contributed by atoms with van der Waals surface area (Å²) in [6, 6.07) is 1.85. The van der Waals surface area contributed by atoms with Crippen LogP contribution in [0.15, 0.2) is 18.5 Å². The van der Waals surface area contributed by atoms with Crippen molar-refractivity contribution in [1.82, 2.24) is 15.2 Å². The summed E-state index contributed by atoms with van der Waals surface area (Å²) in [5.41, 5.74) is 0.251. The molecule has 1 N–H and O–H groups in total. The summed E-state index contributed by atoms with van der Waals surface area (Å²) in [6.45, 7) is 3.22. The van der Waals surface area contributed by atoms with Crippen molar-refractivity contribution in [2.45, 2.75) is 32.4 Å². The number of carbonyl (C=O) groups is 1. The van der Waals surface area contributed by atoms with E-state index in [1.165, 1.54) is 0 Å². The number of rotatable bonds is 2. The number of hydrogen-bond donors (Lipinski definition) is 1. The monoisotopic (exact) mass is 307 g/mol. The van der Waals surface area contributed by atoms with Crippen LogP contribution in [0.1, 0.15) is 25.8 Å². The van der Waals surface area contributed by atoms with Crippen molar-refractivity contribution in [2.24, 2.45) is 0 Å². The van der Waals surface area contributed by atoms with E-state index in [0.717, 1.165) is 24.4 Å².